The maximum Gasteiger partial charge on any atom is 0.237 e. The molecule has 1 amide bonds. The van der Waals surface area contributed by atoms with E-state index in [4.69, 9.17) is 0 Å². The number of aryl methyl sites for hydroxylation is 1. The van der Waals surface area contributed by atoms with Gasteiger partial charge in [-0.3, -0.25) is 4.79 Å². The maximum absolute atomic E-state index is 12.3. The molecular weight excluding hydrogens is 276 g/mol. The van der Waals surface area contributed by atoms with Crippen LogP contribution in [0.1, 0.15) is 49.3 Å². The topological polar surface area (TPSA) is 61.4 Å². The van der Waals surface area contributed by atoms with Crippen LogP contribution in [0.25, 0.3) is 0 Å². The molecule has 120 valence electrons. The Morgan fingerprint density at radius 2 is 2.14 bits per heavy atom. The maximum atomic E-state index is 12.3. The first-order chi connectivity index (χ1) is 10.6. The number of rotatable bonds is 4. The molecule has 22 heavy (non-hydrogen) atoms. The van der Waals surface area contributed by atoms with Crippen LogP contribution >= 0.6 is 0 Å². The molecule has 2 fully saturated rings. The monoisotopic (exact) mass is 302 g/mol. The van der Waals surface area contributed by atoms with Gasteiger partial charge in [0.25, 0.3) is 0 Å². The van der Waals surface area contributed by atoms with E-state index in [1.807, 2.05) is 31.2 Å². The van der Waals surface area contributed by atoms with Crippen molar-refractivity contribution in [2.24, 2.45) is 5.92 Å². The number of benzene rings is 1. The number of nitrogens with one attached hydrogen (secondary N) is 2. The first-order valence-electron chi connectivity index (χ1n) is 8.42. The fraction of sp³-hybridized carbons (Fsp3) is 0.611. The highest BCUT2D eigenvalue weighted by atomic mass is 16.3. The van der Waals surface area contributed by atoms with Crippen LogP contribution < -0.4 is 10.6 Å². The van der Waals surface area contributed by atoms with E-state index in [9.17, 15) is 9.90 Å². The predicted molar refractivity (Wildman–Crippen MR) is 86.4 cm³/mol. The number of hydrogen-bond acceptors (Lipinski definition) is 3. The number of fused-ring (bicyclic) bond motifs is 1. The van der Waals surface area contributed by atoms with Crippen LogP contribution in [0.5, 0.6) is 0 Å². The molecule has 1 aromatic carbocycles. The van der Waals surface area contributed by atoms with Gasteiger partial charge < -0.3 is 15.7 Å². The summed E-state index contributed by atoms with van der Waals surface area (Å²) in [5.41, 5.74) is 1.94. The minimum Gasteiger partial charge on any atom is -0.387 e. The third kappa shape index (κ3) is 3.33. The molecule has 1 saturated carbocycles. The highest BCUT2D eigenvalue weighted by Crippen LogP contribution is 2.33. The summed E-state index contributed by atoms with van der Waals surface area (Å²) in [6.07, 6.45) is 5.30. The molecule has 3 rings (SSSR count). The average Bonchev–Trinajstić information content (AvgIpc) is 2.97. The van der Waals surface area contributed by atoms with Crippen molar-refractivity contribution in [1.82, 2.24) is 10.6 Å². The van der Waals surface area contributed by atoms with Gasteiger partial charge in [0.15, 0.2) is 0 Å². The van der Waals surface area contributed by atoms with Gasteiger partial charge in [0.05, 0.1) is 12.1 Å². The fourth-order valence-corrected chi connectivity index (χ4v) is 3.91. The van der Waals surface area contributed by atoms with Gasteiger partial charge in [-0.2, -0.15) is 0 Å². The summed E-state index contributed by atoms with van der Waals surface area (Å²) in [6.45, 7) is 2.25. The lowest BCUT2D eigenvalue weighted by Crippen LogP contribution is -2.44. The molecule has 0 spiro atoms. The van der Waals surface area contributed by atoms with Crippen molar-refractivity contribution in [3.8, 4) is 0 Å². The summed E-state index contributed by atoms with van der Waals surface area (Å²) in [4.78, 5) is 12.3. The minimum atomic E-state index is -0.645. The number of carbonyl (C=O) groups excluding carboxylic acids is 1. The van der Waals surface area contributed by atoms with Gasteiger partial charge in [0.2, 0.25) is 5.91 Å². The second-order valence-corrected chi connectivity index (χ2v) is 6.72. The Balaban J connectivity index is 1.51. The van der Waals surface area contributed by atoms with Gasteiger partial charge in [0.1, 0.15) is 0 Å². The van der Waals surface area contributed by atoms with Crippen LogP contribution in [0.4, 0.5) is 0 Å². The van der Waals surface area contributed by atoms with Gasteiger partial charge >= 0.3 is 0 Å². The smallest absolute Gasteiger partial charge is 0.237 e. The van der Waals surface area contributed by atoms with Gasteiger partial charge in [-0.15, -0.1) is 0 Å². The first-order valence-corrected chi connectivity index (χ1v) is 8.42. The molecule has 1 aliphatic heterocycles. The first kappa shape index (κ1) is 15.5. The molecule has 0 aromatic heterocycles. The SMILES string of the molecule is Cc1ccccc1C(O)CNC(=O)C1CC2CCCCC2N1. The van der Waals surface area contributed by atoms with Crippen molar-refractivity contribution < 1.29 is 9.90 Å². The van der Waals surface area contributed by atoms with E-state index in [1.165, 1.54) is 25.7 Å². The van der Waals surface area contributed by atoms with Crippen molar-refractivity contribution in [3.05, 3.63) is 35.4 Å². The lowest BCUT2D eigenvalue weighted by Gasteiger charge is -2.24. The van der Waals surface area contributed by atoms with Gasteiger partial charge in [-0.05, 0) is 43.2 Å². The van der Waals surface area contributed by atoms with Gasteiger partial charge in [-0.25, -0.2) is 0 Å². The Morgan fingerprint density at radius 3 is 2.91 bits per heavy atom. The van der Waals surface area contributed by atoms with Crippen molar-refractivity contribution in [3.63, 3.8) is 0 Å². The van der Waals surface area contributed by atoms with Crippen LogP contribution in [-0.4, -0.2) is 29.6 Å². The summed E-state index contributed by atoms with van der Waals surface area (Å²) < 4.78 is 0. The Labute approximate surface area is 132 Å². The lowest BCUT2D eigenvalue weighted by atomic mass is 9.85. The van der Waals surface area contributed by atoms with E-state index in [1.54, 1.807) is 0 Å². The number of carbonyl (C=O) groups is 1. The molecule has 4 heteroatoms. The molecule has 2 aliphatic rings. The zero-order valence-corrected chi connectivity index (χ0v) is 13.2. The zero-order chi connectivity index (χ0) is 15.5. The van der Waals surface area contributed by atoms with E-state index >= 15 is 0 Å². The van der Waals surface area contributed by atoms with Crippen molar-refractivity contribution in [1.29, 1.82) is 0 Å². The van der Waals surface area contributed by atoms with Gasteiger partial charge in [0, 0.05) is 12.6 Å². The number of aliphatic hydroxyl groups excluding tert-OH is 1. The molecule has 1 aromatic rings. The average molecular weight is 302 g/mol. The number of amides is 1. The summed E-state index contributed by atoms with van der Waals surface area (Å²) in [6, 6.07) is 8.19. The Morgan fingerprint density at radius 1 is 1.36 bits per heavy atom. The quantitative estimate of drug-likeness (QED) is 0.798. The number of aliphatic hydroxyl groups is 1. The third-order valence-corrected chi connectivity index (χ3v) is 5.20. The highest BCUT2D eigenvalue weighted by molar-refractivity contribution is 5.82. The summed E-state index contributed by atoms with van der Waals surface area (Å²) >= 11 is 0. The molecule has 4 unspecified atom stereocenters. The molecule has 1 saturated heterocycles. The summed E-state index contributed by atoms with van der Waals surface area (Å²) in [5.74, 6) is 0.688. The van der Waals surface area contributed by atoms with E-state index < -0.39 is 6.10 Å². The van der Waals surface area contributed by atoms with Crippen LogP contribution in [-0.2, 0) is 4.79 Å². The fourth-order valence-electron chi connectivity index (χ4n) is 3.91. The molecule has 0 bridgehead atoms. The standard InChI is InChI=1S/C18H26N2O2/c1-12-6-2-4-8-14(12)17(21)11-19-18(22)16-10-13-7-3-5-9-15(13)20-16/h2,4,6,8,13,15-17,20-21H,3,5,7,9-11H2,1H3,(H,19,22). The molecular formula is C18H26N2O2. The van der Waals surface area contributed by atoms with Crippen molar-refractivity contribution in [2.75, 3.05) is 6.54 Å². The van der Waals surface area contributed by atoms with Crippen LogP contribution in [0.2, 0.25) is 0 Å². The summed E-state index contributed by atoms with van der Waals surface area (Å²) in [7, 11) is 0. The van der Waals surface area contributed by atoms with E-state index in [0.29, 0.717) is 12.0 Å². The van der Waals surface area contributed by atoms with E-state index in [-0.39, 0.29) is 18.5 Å². The Bertz CT molecular complexity index is 518. The molecule has 1 aliphatic carbocycles. The molecule has 3 N–H and O–H groups in total. The highest BCUT2D eigenvalue weighted by Gasteiger charge is 2.38. The third-order valence-electron chi connectivity index (χ3n) is 5.20. The second-order valence-electron chi connectivity index (χ2n) is 6.72. The second kappa shape index (κ2) is 6.80. The normalized spacial score (nSPS) is 28.9. The molecule has 0 radical (unpaired) electrons. The molecule has 4 nitrogen and oxygen atoms in total. The summed E-state index contributed by atoms with van der Waals surface area (Å²) in [5, 5.41) is 16.6. The molecule has 1 heterocycles. The largest absolute Gasteiger partial charge is 0.387 e. The minimum absolute atomic E-state index is 0.0297. The lowest BCUT2D eigenvalue weighted by molar-refractivity contribution is -0.123. The van der Waals surface area contributed by atoms with Crippen molar-refractivity contribution >= 4 is 5.91 Å². The number of hydrogen-bond donors (Lipinski definition) is 3. The van der Waals surface area contributed by atoms with E-state index in [0.717, 1.165) is 17.5 Å². The Kier molecular flexibility index (Phi) is 4.79. The van der Waals surface area contributed by atoms with Gasteiger partial charge in [-0.1, -0.05) is 37.1 Å². The van der Waals surface area contributed by atoms with Crippen molar-refractivity contribution in [2.45, 2.75) is 57.2 Å². The zero-order valence-electron chi connectivity index (χ0n) is 13.2. The molecule has 4 atom stereocenters. The van der Waals surface area contributed by atoms with Crippen LogP contribution in [0, 0.1) is 12.8 Å². The Hall–Kier alpha value is -1.39. The predicted octanol–water partition coefficient (Wildman–Crippen LogP) is 2.07. The van der Waals surface area contributed by atoms with Crippen LogP contribution in [0.3, 0.4) is 0 Å². The van der Waals surface area contributed by atoms with E-state index in [2.05, 4.69) is 10.6 Å². The van der Waals surface area contributed by atoms with Crippen LogP contribution in [0.15, 0.2) is 24.3 Å².